The molecule has 3 aromatic carbocycles. The summed E-state index contributed by atoms with van der Waals surface area (Å²) in [7, 11) is 0. The van der Waals surface area contributed by atoms with Crippen LogP contribution < -0.4 is 0 Å². The van der Waals surface area contributed by atoms with Crippen molar-refractivity contribution in [1.82, 2.24) is 4.98 Å². The van der Waals surface area contributed by atoms with Crippen LogP contribution in [-0.4, -0.2) is 4.98 Å². The van der Waals surface area contributed by atoms with Gasteiger partial charge in [-0.25, -0.2) is 4.98 Å². The van der Waals surface area contributed by atoms with Gasteiger partial charge in [0.1, 0.15) is 0 Å². The van der Waals surface area contributed by atoms with E-state index in [0.717, 1.165) is 24.1 Å². The Balaban J connectivity index is 1.75. The Morgan fingerprint density at radius 1 is 0.724 bits per heavy atom. The van der Waals surface area contributed by atoms with Crippen molar-refractivity contribution in [2.75, 3.05) is 0 Å². The average Bonchev–Trinajstić information content (AvgIpc) is 3.00. The van der Waals surface area contributed by atoms with Gasteiger partial charge >= 0.3 is 0 Å². The van der Waals surface area contributed by atoms with Crippen molar-refractivity contribution in [2.45, 2.75) is 46.0 Å². The van der Waals surface area contributed by atoms with Gasteiger partial charge in [-0.1, -0.05) is 61.4 Å². The lowest BCUT2D eigenvalue weighted by molar-refractivity contribution is 0.491. The minimum absolute atomic E-state index is 0.0950. The molecule has 1 aromatic heterocycles. The van der Waals surface area contributed by atoms with E-state index in [1.165, 1.54) is 44.3 Å². The summed E-state index contributed by atoms with van der Waals surface area (Å²) in [4.78, 5) is 5.10. The van der Waals surface area contributed by atoms with Crippen LogP contribution in [0, 0.1) is 13.8 Å². The summed E-state index contributed by atoms with van der Waals surface area (Å²) in [5.41, 5.74) is 11.7. The second-order valence-electron chi connectivity index (χ2n) is 8.50. The van der Waals surface area contributed by atoms with E-state index in [0.29, 0.717) is 0 Å². The van der Waals surface area contributed by atoms with Crippen LogP contribution in [0.25, 0.3) is 33.3 Å². The zero-order valence-corrected chi connectivity index (χ0v) is 17.7. The first kappa shape index (κ1) is 18.1. The molecule has 1 nitrogen and oxygen atoms in total. The van der Waals surface area contributed by atoms with E-state index >= 15 is 0 Å². The van der Waals surface area contributed by atoms with Crippen molar-refractivity contribution >= 4 is 10.9 Å². The Labute approximate surface area is 173 Å². The van der Waals surface area contributed by atoms with Gasteiger partial charge in [0.2, 0.25) is 0 Å². The van der Waals surface area contributed by atoms with E-state index in [9.17, 15) is 0 Å². The first-order valence-corrected chi connectivity index (χ1v) is 10.7. The third-order valence-electron chi connectivity index (χ3n) is 6.80. The highest BCUT2D eigenvalue weighted by molar-refractivity contribution is 5.92. The van der Waals surface area contributed by atoms with E-state index in [1.54, 1.807) is 0 Å². The topological polar surface area (TPSA) is 12.9 Å². The van der Waals surface area contributed by atoms with Gasteiger partial charge in [0.25, 0.3) is 0 Å². The number of hydrogen-bond donors (Lipinski definition) is 0. The van der Waals surface area contributed by atoms with E-state index in [2.05, 4.69) is 94.4 Å². The Kier molecular flexibility index (Phi) is 4.10. The number of nitrogens with zero attached hydrogens (tertiary/aromatic N) is 1. The fourth-order valence-electron chi connectivity index (χ4n) is 5.37. The third kappa shape index (κ3) is 2.64. The summed E-state index contributed by atoms with van der Waals surface area (Å²) in [5, 5.41) is 1.22. The van der Waals surface area contributed by atoms with Crippen molar-refractivity contribution in [3.8, 4) is 22.4 Å². The summed E-state index contributed by atoms with van der Waals surface area (Å²) < 4.78 is 0. The van der Waals surface area contributed by atoms with Crippen LogP contribution in [0.3, 0.4) is 0 Å². The minimum Gasteiger partial charge on any atom is -0.248 e. The largest absolute Gasteiger partial charge is 0.248 e. The molecule has 1 aliphatic carbocycles. The molecule has 1 heteroatoms. The Morgan fingerprint density at radius 3 is 2.17 bits per heavy atom. The van der Waals surface area contributed by atoms with Crippen molar-refractivity contribution in [3.05, 3.63) is 89.0 Å². The average molecular weight is 378 g/mol. The lowest BCUT2D eigenvalue weighted by atomic mass is 9.74. The van der Waals surface area contributed by atoms with Gasteiger partial charge in [0.15, 0.2) is 0 Å². The first-order valence-electron chi connectivity index (χ1n) is 10.7. The second-order valence-corrected chi connectivity index (χ2v) is 8.50. The summed E-state index contributed by atoms with van der Waals surface area (Å²) >= 11 is 0. The highest BCUT2D eigenvalue weighted by Gasteiger charge is 2.40. The van der Waals surface area contributed by atoms with Gasteiger partial charge in [-0.05, 0) is 79.3 Å². The van der Waals surface area contributed by atoms with Crippen molar-refractivity contribution < 1.29 is 0 Å². The van der Waals surface area contributed by atoms with Crippen molar-refractivity contribution in [3.63, 3.8) is 0 Å². The van der Waals surface area contributed by atoms with Crippen molar-refractivity contribution in [1.29, 1.82) is 0 Å². The summed E-state index contributed by atoms with van der Waals surface area (Å²) in [5.74, 6) is 0. The Bertz CT molecular complexity index is 1220. The van der Waals surface area contributed by atoms with Crippen LogP contribution in [0.15, 0.2) is 66.7 Å². The van der Waals surface area contributed by atoms with Crippen LogP contribution in [0.5, 0.6) is 0 Å². The van der Waals surface area contributed by atoms with Gasteiger partial charge in [-0.2, -0.15) is 0 Å². The van der Waals surface area contributed by atoms with E-state index in [1.807, 2.05) is 0 Å². The smallest absolute Gasteiger partial charge is 0.0713 e. The van der Waals surface area contributed by atoms with Gasteiger partial charge in [-0.15, -0.1) is 0 Å². The molecule has 1 aliphatic rings. The molecule has 0 saturated carbocycles. The molecule has 5 rings (SSSR count). The maximum absolute atomic E-state index is 5.10. The molecule has 0 bridgehead atoms. The number of aromatic nitrogens is 1. The van der Waals surface area contributed by atoms with Crippen LogP contribution in [0.1, 0.15) is 48.9 Å². The molecular formula is C28H27N. The summed E-state index contributed by atoms with van der Waals surface area (Å²) in [6, 6.07) is 24.7. The zero-order chi connectivity index (χ0) is 20.2. The zero-order valence-electron chi connectivity index (χ0n) is 17.7. The molecule has 0 radical (unpaired) electrons. The number of pyridine rings is 1. The molecule has 0 unspecified atom stereocenters. The first-order chi connectivity index (χ1) is 14.1. The van der Waals surface area contributed by atoms with Crippen molar-refractivity contribution in [2.24, 2.45) is 0 Å². The monoisotopic (exact) mass is 377 g/mol. The number of benzene rings is 3. The molecule has 0 amide bonds. The number of fused-ring (bicyclic) bond motifs is 4. The predicted molar refractivity (Wildman–Crippen MR) is 123 cm³/mol. The molecule has 0 fully saturated rings. The van der Waals surface area contributed by atoms with E-state index < -0.39 is 0 Å². The molecule has 0 N–H and O–H groups in total. The number of aryl methyl sites for hydroxylation is 2. The van der Waals surface area contributed by atoms with E-state index in [-0.39, 0.29) is 5.41 Å². The fraction of sp³-hybridized carbons (Fsp3) is 0.250. The van der Waals surface area contributed by atoms with Crippen LogP contribution in [-0.2, 0) is 5.41 Å². The van der Waals surface area contributed by atoms with Crippen LogP contribution in [0.4, 0.5) is 0 Å². The molecular weight excluding hydrogens is 350 g/mol. The quantitative estimate of drug-likeness (QED) is 0.358. The molecule has 1 heterocycles. The standard InChI is InChI=1S/C28H27N/c1-5-28(6-2)24-10-8-7-9-22(24)23-16-20-11-12-26(29-27(20)17-25(23)28)21-14-18(3)13-19(4)15-21/h7-17H,5-6H2,1-4H3. The fourth-order valence-corrected chi connectivity index (χ4v) is 5.37. The molecule has 0 atom stereocenters. The van der Waals surface area contributed by atoms with Gasteiger partial charge < -0.3 is 0 Å². The third-order valence-corrected chi connectivity index (χ3v) is 6.80. The highest BCUT2D eigenvalue weighted by Crippen LogP contribution is 2.53. The lowest BCUT2D eigenvalue weighted by Gasteiger charge is -2.29. The normalized spacial score (nSPS) is 14.1. The second kappa shape index (κ2) is 6.56. The van der Waals surface area contributed by atoms with Gasteiger partial charge in [-0.3, -0.25) is 0 Å². The molecule has 4 aromatic rings. The molecule has 0 aliphatic heterocycles. The van der Waals surface area contributed by atoms with E-state index in [4.69, 9.17) is 4.98 Å². The summed E-state index contributed by atoms with van der Waals surface area (Å²) in [6.07, 6.45) is 2.21. The van der Waals surface area contributed by atoms with Gasteiger partial charge in [0, 0.05) is 16.4 Å². The maximum atomic E-state index is 5.10. The van der Waals surface area contributed by atoms with Crippen LogP contribution in [0.2, 0.25) is 0 Å². The maximum Gasteiger partial charge on any atom is 0.0713 e. The lowest BCUT2D eigenvalue weighted by Crippen LogP contribution is -2.23. The summed E-state index contributed by atoms with van der Waals surface area (Å²) in [6.45, 7) is 8.94. The Morgan fingerprint density at radius 2 is 1.45 bits per heavy atom. The Hall–Kier alpha value is -2.93. The molecule has 0 saturated heterocycles. The molecule has 29 heavy (non-hydrogen) atoms. The predicted octanol–water partition coefficient (Wildman–Crippen LogP) is 7.61. The molecule has 0 spiro atoms. The number of hydrogen-bond acceptors (Lipinski definition) is 1. The van der Waals surface area contributed by atoms with Gasteiger partial charge in [0.05, 0.1) is 11.2 Å². The highest BCUT2D eigenvalue weighted by atomic mass is 14.7. The SMILES string of the molecule is CCC1(CC)c2ccccc2-c2cc3ccc(-c4cc(C)cc(C)c4)nc3cc21. The minimum atomic E-state index is 0.0950. The van der Waals surface area contributed by atoms with Crippen LogP contribution >= 0.6 is 0 Å². The molecule has 144 valence electrons. The number of rotatable bonds is 3.